The second-order valence-corrected chi connectivity index (χ2v) is 13.0. The predicted octanol–water partition coefficient (Wildman–Crippen LogP) is 14.8. The first-order valence-corrected chi connectivity index (χ1v) is 17.6. The quantitative estimate of drug-likeness (QED) is 0.172. The highest BCUT2D eigenvalue weighted by Crippen LogP contribution is 2.42. The highest BCUT2D eigenvalue weighted by Gasteiger charge is 2.19. The Morgan fingerprint density at radius 3 is 1.77 bits per heavy atom. The highest BCUT2D eigenvalue weighted by molar-refractivity contribution is 6.16. The van der Waals surface area contributed by atoms with Crippen LogP contribution in [0.2, 0.25) is 0 Å². The number of hydrogen-bond acceptors (Lipinski definition) is 1. The van der Waals surface area contributed by atoms with Gasteiger partial charge in [-0.05, 0) is 106 Å². The highest BCUT2D eigenvalue weighted by atomic mass is 16.3. The number of furan rings is 1. The van der Waals surface area contributed by atoms with E-state index in [1.165, 1.54) is 4.57 Å². The van der Waals surface area contributed by atoms with Gasteiger partial charge in [-0.1, -0.05) is 133 Å². The molecule has 3 heteroatoms. The van der Waals surface area contributed by atoms with E-state index in [2.05, 4.69) is 0 Å². The van der Waals surface area contributed by atoms with E-state index in [9.17, 15) is 16.4 Å². The van der Waals surface area contributed by atoms with E-state index in [0.717, 1.165) is 21.8 Å². The van der Waals surface area contributed by atoms with Crippen molar-refractivity contribution in [3.63, 3.8) is 0 Å². The molecule has 0 N–H and O–H groups in total. The van der Waals surface area contributed by atoms with Gasteiger partial charge in [0.15, 0.2) is 0 Å². The van der Waals surface area contributed by atoms with Gasteiger partial charge in [0.05, 0.1) is 66.0 Å². The summed E-state index contributed by atoms with van der Waals surface area (Å²) in [7, 11) is 0. The third kappa shape index (κ3) is 4.92. The third-order valence-electron chi connectivity index (χ3n) is 9.90. The van der Waals surface area contributed by atoms with Crippen LogP contribution < -0.4 is 0 Å². The van der Waals surface area contributed by atoms with E-state index in [4.69, 9.17) is 20.9 Å². The molecule has 3 heterocycles. The number of nitrogens with zero attached hydrogens (tertiary/aromatic N) is 2. The fraction of sp³-hybridized carbons (Fsp3) is 0. The van der Waals surface area contributed by atoms with Gasteiger partial charge in [0.1, 0.15) is 11.2 Å². The summed E-state index contributed by atoms with van der Waals surface area (Å²) >= 11 is 0. The van der Waals surface area contributed by atoms with Crippen LogP contribution in [-0.4, -0.2) is 9.13 Å². The Labute approximate surface area is 362 Å². The Morgan fingerprint density at radius 1 is 0.351 bits per heavy atom. The SMILES string of the molecule is [2H]c1c([2H])c([2H])c(-c2c([2H])c([2H])c3c(oc4c([2H])c([2H])c([2H])c(-n5c6c([2H])cc(-c7c([2H])c([2H])c8c(c7[2H])c7c([2H])c([2H])c([2H])c([2H])c7n8-c7ccc(-c8ccccc8)cc7)c([2H])c6c6c([2H])c([2H])c([2H])c([2H])c65)c43)c2[2H])c([2H])c1[2H]. The number of benzene rings is 9. The Hall–Kier alpha value is -7.62. The van der Waals surface area contributed by atoms with Gasteiger partial charge in [0, 0.05) is 32.6 Å². The van der Waals surface area contributed by atoms with Gasteiger partial charge in [0.2, 0.25) is 0 Å². The fourth-order valence-electron chi connectivity index (χ4n) is 7.37. The standard InChI is InChI=1S/C54H34N2O/c1-3-12-35(13-4-1)37-22-27-41(28-23-37)55-47-18-9-7-16-42(47)45-32-38(25-30-49(45)55)39-26-31-50-46(33-39)43-17-8-10-19-48(43)56(50)51-20-11-21-52-54(51)44-29-24-40(34-53(44)57-52)36-14-5-2-6-15-36/h1-34H/i2D,5D,6D,7D,8D,9D,10D,11D,14D,15D,16D,17D,18D,19D,20D,21D,24D,25D,29D,30D,31D,32D,33D,34D. The van der Waals surface area contributed by atoms with Gasteiger partial charge in [-0.25, -0.2) is 0 Å². The number of rotatable bonds is 5. The lowest BCUT2D eigenvalue weighted by atomic mass is 10.0. The van der Waals surface area contributed by atoms with Crippen molar-refractivity contribution in [1.29, 1.82) is 0 Å². The molecule has 0 saturated carbocycles. The maximum Gasteiger partial charge on any atom is 0.137 e. The number of hydrogen-bond donors (Lipinski definition) is 0. The van der Waals surface area contributed by atoms with Crippen LogP contribution >= 0.6 is 0 Å². The van der Waals surface area contributed by atoms with E-state index >= 15 is 0 Å². The molecule has 0 amide bonds. The summed E-state index contributed by atoms with van der Waals surface area (Å²) in [6.45, 7) is 0. The maximum atomic E-state index is 10.0. The minimum Gasteiger partial charge on any atom is -0.456 e. The largest absolute Gasteiger partial charge is 0.456 e. The van der Waals surface area contributed by atoms with Crippen LogP contribution in [0.5, 0.6) is 0 Å². The first-order chi connectivity index (χ1) is 38.3. The van der Waals surface area contributed by atoms with Crippen molar-refractivity contribution < 1.29 is 37.3 Å². The first kappa shape index (κ1) is 16.2. The van der Waals surface area contributed by atoms with Crippen LogP contribution in [0.3, 0.4) is 0 Å². The molecule has 0 spiro atoms. The van der Waals surface area contributed by atoms with Gasteiger partial charge >= 0.3 is 0 Å². The second kappa shape index (κ2) is 12.5. The topological polar surface area (TPSA) is 23.0 Å². The normalized spacial score (nSPS) is 17.8. The third-order valence-corrected chi connectivity index (χ3v) is 9.90. The molecule has 0 bridgehead atoms. The zero-order valence-electron chi connectivity index (χ0n) is 53.1. The lowest BCUT2D eigenvalue weighted by molar-refractivity contribution is 0.669. The van der Waals surface area contributed by atoms with Crippen molar-refractivity contribution >= 4 is 65.6 Å². The molecule has 0 aliphatic rings. The minimum atomic E-state index is -0.866. The van der Waals surface area contributed by atoms with E-state index in [0.29, 0.717) is 5.69 Å². The van der Waals surface area contributed by atoms with Crippen molar-refractivity contribution in [2.75, 3.05) is 0 Å². The molecule has 0 unspecified atom stereocenters. The molecule has 0 aliphatic heterocycles. The van der Waals surface area contributed by atoms with Crippen molar-refractivity contribution in [1.82, 2.24) is 9.13 Å². The molecule has 0 fully saturated rings. The lowest BCUT2D eigenvalue weighted by Gasteiger charge is -2.11. The molecule has 0 atom stereocenters. The van der Waals surface area contributed by atoms with Gasteiger partial charge < -0.3 is 13.6 Å². The maximum absolute atomic E-state index is 10.0. The molecule has 57 heavy (non-hydrogen) atoms. The average Bonchev–Trinajstić information content (AvgIpc) is 1.99. The summed E-state index contributed by atoms with van der Waals surface area (Å²) < 4.78 is 227. The Bertz CT molecular complexity index is 4880. The van der Waals surface area contributed by atoms with E-state index in [1.807, 2.05) is 30.3 Å². The first-order valence-electron chi connectivity index (χ1n) is 29.6. The van der Waals surface area contributed by atoms with Crippen LogP contribution in [0, 0.1) is 0 Å². The molecular weight excluding hydrogens is 693 g/mol. The van der Waals surface area contributed by atoms with Gasteiger partial charge in [0.25, 0.3) is 0 Å². The number of fused-ring (bicyclic) bond motifs is 9. The number of aromatic nitrogens is 2. The molecule has 0 radical (unpaired) electrons. The smallest absolute Gasteiger partial charge is 0.137 e. The van der Waals surface area contributed by atoms with E-state index in [-0.39, 0.29) is 21.8 Å². The molecule has 3 nitrogen and oxygen atoms in total. The fourth-order valence-corrected chi connectivity index (χ4v) is 7.37. The lowest BCUT2D eigenvalue weighted by Crippen LogP contribution is -1.94. The molecular formula is C54H34N2O. The summed E-state index contributed by atoms with van der Waals surface area (Å²) in [6.07, 6.45) is 0. The van der Waals surface area contributed by atoms with Crippen LogP contribution in [0.1, 0.15) is 32.9 Å². The Morgan fingerprint density at radius 2 is 0.982 bits per heavy atom. The summed E-state index contributed by atoms with van der Waals surface area (Å²) in [4.78, 5) is 0. The average molecular weight is 751 g/mol. The summed E-state index contributed by atoms with van der Waals surface area (Å²) in [5.74, 6) is 0. The van der Waals surface area contributed by atoms with E-state index < -0.39 is 217 Å². The van der Waals surface area contributed by atoms with E-state index in [1.54, 1.807) is 24.3 Å². The molecule has 266 valence electrons. The Balaban J connectivity index is 1.20. The monoisotopic (exact) mass is 750 g/mol. The zero-order valence-corrected chi connectivity index (χ0v) is 29.1. The van der Waals surface area contributed by atoms with Crippen LogP contribution in [0.25, 0.3) is 110 Å². The van der Waals surface area contributed by atoms with Crippen molar-refractivity contribution in [3.8, 4) is 44.8 Å². The van der Waals surface area contributed by atoms with Gasteiger partial charge in [-0.3, -0.25) is 0 Å². The molecule has 3 aromatic heterocycles. The summed E-state index contributed by atoms with van der Waals surface area (Å²) in [5.41, 5.74) is -3.17. The molecule has 12 aromatic rings. The van der Waals surface area contributed by atoms with Crippen molar-refractivity contribution in [2.45, 2.75) is 0 Å². The molecule has 0 aliphatic carbocycles. The summed E-state index contributed by atoms with van der Waals surface area (Å²) in [5, 5.41) is -2.23. The number of para-hydroxylation sites is 2. The second-order valence-electron chi connectivity index (χ2n) is 13.0. The van der Waals surface area contributed by atoms with Crippen LogP contribution in [0.15, 0.2) is 210 Å². The van der Waals surface area contributed by atoms with Crippen molar-refractivity contribution in [3.05, 3.63) is 206 Å². The molecule has 0 saturated heterocycles. The van der Waals surface area contributed by atoms with Gasteiger partial charge in [-0.2, -0.15) is 0 Å². The van der Waals surface area contributed by atoms with Crippen LogP contribution in [0.4, 0.5) is 0 Å². The molecule has 9 aromatic carbocycles. The van der Waals surface area contributed by atoms with Crippen LogP contribution in [-0.2, 0) is 0 Å². The zero-order chi connectivity index (χ0) is 58.3. The predicted molar refractivity (Wildman–Crippen MR) is 239 cm³/mol. The van der Waals surface area contributed by atoms with Gasteiger partial charge in [-0.15, -0.1) is 0 Å². The van der Waals surface area contributed by atoms with Crippen molar-refractivity contribution in [2.24, 2.45) is 0 Å². The minimum absolute atomic E-state index is 0.128. The summed E-state index contributed by atoms with van der Waals surface area (Å²) in [6, 6.07) is -0.633. The Kier molecular flexibility index (Phi) is 3.55. The molecule has 12 rings (SSSR count).